The average Bonchev–Trinajstić information content (AvgIpc) is 2.81. The second-order valence-electron chi connectivity index (χ2n) is 8.75. The molecule has 166 valence electrons. The van der Waals surface area contributed by atoms with Crippen LogP contribution < -0.4 is 0 Å². The first-order valence-corrected chi connectivity index (χ1v) is 12.7. The number of hydrogen-bond donors (Lipinski definition) is 0. The lowest BCUT2D eigenvalue weighted by atomic mass is 9.94. The normalized spacial score (nSPS) is 18.8. The molecule has 0 unspecified atom stereocenters. The van der Waals surface area contributed by atoms with E-state index in [0.717, 1.165) is 24.2 Å². The SMILES string of the molecule is Cc1ccc(S(=O)(=O)c2ccc(C(=O)N3CCN(C4CCCCC4)CC3)cn2)cc1C. The van der Waals surface area contributed by atoms with Crippen LogP contribution in [-0.4, -0.2) is 61.3 Å². The van der Waals surface area contributed by atoms with Crippen molar-refractivity contribution in [1.29, 1.82) is 0 Å². The van der Waals surface area contributed by atoms with Crippen molar-refractivity contribution in [3.63, 3.8) is 0 Å². The van der Waals surface area contributed by atoms with Crippen molar-refractivity contribution in [2.24, 2.45) is 0 Å². The molecule has 0 atom stereocenters. The molecule has 7 heteroatoms. The first kappa shape index (κ1) is 22.0. The Labute approximate surface area is 185 Å². The molecule has 2 aliphatic rings. The molecule has 2 heterocycles. The van der Waals surface area contributed by atoms with E-state index >= 15 is 0 Å². The molecule has 1 aliphatic heterocycles. The summed E-state index contributed by atoms with van der Waals surface area (Å²) in [5.41, 5.74) is 2.39. The number of amides is 1. The standard InChI is InChI=1S/C24H31N3O3S/c1-18-8-10-22(16-19(18)2)31(29,30)23-11-9-20(17-25-23)24(28)27-14-12-26(13-15-27)21-6-4-3-5-7-21/h8-11,16-17,21H,3-7,12-15H2,1-2H3. The van der Waals surface area contributed by atoms with Gasteiger partial charge in [-0.15, -0.1) is 0 Å². The van der Waals surface area contributed by atoms with E-state index in [1.807, 2.05) is 18.7 Å². The lowest BCUT2D eigenvalue weighted by Crippen LogP contribution is -2.52. The second-order valence-corrected chi connectivity index (χ2v) is 10.7. The van der Waals surface area contributed by atoms with Crippen LogP contribution in [-0.2, 0) is 9.84 Å². The van der Waals surface area contributed by atoms with E-state index in [0.29, 0.717) is 24.7 Å². The molecule has 1 saturated carbocycles. The van der Waals surface area contributed by atoms with Gasteiger partial charge in [0.15, 0.2) is 5.03 Å². The van der Waals surface area contributed by atoms with Crippen molar-refractivity contribution in [3.05, 3.63) is 53.2 Å². The summed E-state index contributed by atoms with van der Waals surface area (Å²) in [4.78, 5) is 21.7. The number of hydrogen-bond acceptors (Lipinski definition) is 5. The Kier molecular flexibility index (Phi) is 6.44. The molecular weight excluding hydrogens is 410 g/mol. The molecule has 1 aromatic carbocycles. The number of rotatable bonds is 4. The van der Waals surface area contributed by atoms with Crippen LogP contribution in [0.3, 0.4) is 0 Å². The number of pyridine rings is 1. The number of carbonyl (C=O) groups is 1. The van der Waals surface area contributed by atoms with Crippen LogP contribution in [0.5, 0.6) is 0 Å². The molecule has 6 nitrogen and oxygen atoms in total. The number of benzene rings is 1. The van der Waals surface area contributed by atoms with E-state index in [9.17, 15) is 13.2 Å². The highest BCUT2D eigenvalue weighted by Crippen LogP contribution is 2.24. The van der Waals surface area contributed by atoms with Gasteiger partial charge in [0, 0.05) is 38.4 Å². The van der Waals surface area contributed by atoms with Gasteiger partial charge in [-0.25, -0.2) is 13.4 Å². The predicted octanol–water partition coefficient (Wildman–Crippen LogP) is 3.62. The van der Waals surface area contributed by atoms with Crippen LogP contribution in [0.2, 0.25) is 0 Å². The topological polar surface area (TPSA) is 70.6 Å². The van der Waals surface area contributed by atoms with Gasteiger partial charge >= 0.3 is 0 Å². The number of nitrogens with zero attached hydrogens (tertiary/aromatic N) is 3. The Hall–Kier alpha value is -2.25. The van der Waals surface area contributed by atoms with Crippen LogP contribution in [0.15, 0.2) is 46.5 Å². The maximum Gasteiger partial charge on any atom is 0.255 e. The zero-order valence-electron chi connectivity index (χ0n) is 18.4. The molecule has 0 N–H and O–H groups in total. The van der Waals surface area contributed by atoms with Gasteiger partial charge in [-0.3, -0.25) is 9.69 Å². The zero-order chi connectivity index (χ0) is 22.0. The summed E-state index contributed by atoms with van der Waals surface area (Å²) >= 11 is 0. The van der Waals surface area contributed by atoms with Crippen molar-refractivity contribution in [2.75, 3.05) is 26.2 Å². The van der Waals surface area contributed by atoms with Gasteiger partial charge in [-0.2, -0.15) is 0 Å². The van der Waals surface area contributed by atoms with Crippen molar-refractivity contribution >= 4 is 15.7 Å². The van der Waals surface area contributed by atoms with Crippen molar-refractivity contribution < 1.29 is 13.2 Å². The number of piperazine rings is 1. The third-order valence-electron chi connectivity index (χ3n) is 6.74. The molecule has 0 radical (unpaired) electrons. The lowest BCUT2D eigenvalue weighted by Gasteiger charge is -2.40. The fourth-order valence-corrected chi connectivity index (χ4v) is 5.85. The third kappa shape index (κ3) is 4.67. The van der Waals surface area contributed by atoms with Crippen molar-refractivity contribution in [1.82, 2.24) is 14.8 Å². The summed E-state index contributed by atoms with van der Waals surface area (Å²) in [6.45, 7) is 7.05. The van der Waals surface area contributed by atoms with Gasteiger partial charge in [0.25, 0.3) is 5.91 Å². The van der Waals surface area contributed by atoms with Gasteiger partial charge in [-0.05, 0) is 62.1 Å². The largest absolute Gasteiger partial charge is 0.336 e. The Bertz CT molecular complexity index is 1040. The minimum atomic E-state index is -3.71. The monoisotopic (exact) mass is 441 g/mol. The summed E-state index contributed by atoms with van der Waals surface area (Å²) in [5.74, 6) is -0.0778. The summed E-state index contributed by atoms with van der Waals surface area (Å²) in [7, 11) is -3.71. The molecule has 2 fully saturated rings. The molecule has 1 saturated heterocycles. The first-order chi connectivity index (χ1) is 14.9. The van der Waals surface area contributed by atoms with Crippen LogP contribution in [0.25, 0.3) is 0 Å². The predicted molar refractivity (Wildman–Crippen MR) is 120 cm³/mol. The number of carbonyl (C=O) groups excluding carboxylic acids is 1. The molecule has 1 aromatic heterocycles. The molecule has 1 amide bonds. The Morgan fingerprint density at radius 2 is 1.65 bits per heavy atom. The fraction of sp³-hybridized carbons (Fsp3) is 0.500. The van der Waals surface area contributed by atoms with Crippen LogP contribution >= 0.6 is 0 Å². The van der Waals surface area contributed by atoms with E-state index < -0.39 is 9.84 Å². The molecule has 4 rings (SSSR count). The van der Waals surface area contributed by atoms with E-state index in [1.54, 1.807) is 24.3 Å². The molecule has 0 bridgehead atoms. The smallest absolute Gasteiger partial charge is 0.255 e. The van der Waals surface area contributed by atoms with E-state index in [1.165, 1.54) is 44.4 Å². The van der Waals surface area contributed by atoms with E-state index in [-0.39, 0.29) is 15.8 Å². The van der Waals surface area contributed by atoms with Crippen LogP contribution in [0, 0.1) is 13.8 Å². The minimum absolute atomic E-state index is 0.0329. The molecule has 31 heavy (non-hydrogen) atoms. The van der Waals surface area contributed by atoms with E-state index in [4.69, 9.17) is 0 Å². The summed E-state index contributed by atoms with van der Waals surface area (Å²) < 4.78 is 25.8. The van der Waals surface area contributed by atoms with Gasteiger partial charge in [0.2, 0.25) is 9.84 Å². The zero-order valence-corrected chi connectivity index (χ0v) is 19.2. The summed E-state index contributed by atoms with van der Waals surface area (Å²) in [5, 5.41) is -0.0329. The fourth-order valence-electron chi connectivity index (χ4n) is 4.59. The quantitative estimate of drug-likeness (QED) is 0.725. The Morgan fingerprint density at radius 1 is 0.935 bits per heavy atom. The van der Waals surface area contributed by atoms with Gasteiger partial charge in [0.05, 0.1) is 10.5 Å². The summed E-state index contributed by atoms with van der Waals surface area (Å²) in [6, 6.07) is 8.75. The summed E-state index contributed by atoms with van der Waals surface area (Å²) in [6.07, 6.45) is 7.91. The van der Waals surface area contributed by atoms with Crippen molar-refractivity contribution in [2.45, 2.75) is 61.9 Å². The van der Waals surface area contributed by atoms with Crippen LogP contribution in [0.4, 0.5) is 0 Å². The highest BCUT2D eigenvalue weighted by atomic mass is 32.2. The van der Waals surface area contributed by atoms with Crippen molar-refractivity contribution in [3.8, 4) is 0 Å². The molecule has 2 aromatic rings. The number of aryl methyl sites for hydroxylation is 2. The molecule has 0 spiro atoms. The minimum Gasteiger partial charge on any atom is -0.336 e. The number of aromatic nitrogens is 1. The highest BCUT2D eigenvalue weighted by Gasteiger charge is 2.28. The lowest BCUT2D eigenvalue weighted by molar-refractivity contribution is 0.0523. The first-order valence-electron chi connectivity index (χ1n) is 11.2. The second kappa shape index (κ2) is 9.09. The number of sulfone groups is 1. The third-order valence-corrected chi connectivity index (χ3v) is 8.41. The molecule has 1 aliphatic carbocycles. The highest BCUT2D eigenvalue weighted by molar-refractivity contribution is 7.91. The maximum atomic E-state index is 12.9. The Morgan fingerprint density at radius 3 is 2.26 bits per heavy atom. The average molecular weight is 442 g/mol. The Balaban J connectivity index is 1.42. The van der Waals surface area contributed by atoms with Crippen LogP contribution in [0.1, 0.15) is 53.6 Å². The van der Waals surface area contributed by atoms with Gasteiger partial charge < -0.3 is 4.90 Å². The maximum absolute atomic E-state index is 12.9. The van der Waals surface area contributed by atoms with Gasteiger partial charge in [0.1, 0.15) is 0 Å². The van der Waals surface area contributed by atoms with E-state index in [2.05, 4.69) is 9.88 Å². The van der Waals surface area contributed by atoms with Gasteiger partial charge in [-0.1, -0.05) is 25.3 Å². The molecular formula is C24H31N3O3S.